The molecule has 32 heavy (non-hydrogen) atoms. The van der Waals surface area contributed by atoms with E-state index < -0.39 is 0 Å². The summed E-state index contributed by atoms with van der Waals surface area (Å²) in [7, 11) is 3.36. The van der Waals surface area contributed by atoms with Crippen LogP contribution in [0, 0.1) is 6.92 Å². The van der Waals surface area contributed by atoms with E-state index in [2.05, 4.69) is 36.0 Å². The second-order valence-corrected chi connectivity index (χ2v) is 7.69. The molecule has 9 heteroatoms. The number of nitrogens with one attached hydrogen (secondary N) is 1. The number of aromatic nitrogens is 4. The van der Waals surface area contributed by atoms with Gasteiger partial charge in [-0.15, -0.1) is 10.2 Å². The standard InChI is InChI=1S/C23H28N6O3/c1-16-19(31-2)8-7-17(22(16)32-3)15-28-11-9-20-26-27-21(29(20)13-12-28)14-25-23(30)18-6-4-5-10-24-18/h4-8,10H,9,11-15H2,1-3H3,(H,25,30). The first-order valence-corrected chi connectivity index (χ1v) is 10.6. The summed E-state index contributed by atoms with van der Waals surface area (Å²) in [5.74, 6) is 3.16. The van der Waals surface area contributed by atoms with Gasteiger partial charge in [0.05, 0.1) is 20.8 Å². The molecular weight excluding hydrogens is 408 g/mol. The lowest BCUT2D eigenvalue weighted by atomic mass is 10.1. The van der Waals surface area contributed by atoms with Crippen molar-refractivity contribution in [3.63, 3.8) is 0 Å². The molecule has 0 aliphatic carbocycles. The number of rotatable bonds is 7. The molecule has 0 spiro atoms. The van der Waals surface area contributed by atoms with E-state index in [1.54, 1.807) is 38.6 Å². The number of carbonyl (C=O) groups is 1. The van der Waals surface area contributed by atoms with Crippen molar-refractivity contribution in [2.75, 3.05) is 27.3 Å². The number of ether oxygens (including phenoxy) is 2. The van der Waals surface area contributed by atoms with Crippen molar-refractivity contribution in [2.24, 2.45) is 0 Å². The van der Waals surface area contributed by atoms with Crippen LogP contribution < -0.4 is 14.8 Å². The molecule has 3 aromatic rings. The van der Waals surface area contributed by atoms with Gasteiger partial charge in [0.2, 0.25) is 0 Å². The third-order valence-corrected chi connectivity index (χ3v) is 5.76. The van der Waals surface area contributed by atoms with Gasteiger partial charge in [0.15, 0.2) is 5.82 Å². The number of pyridine rings is 1. The average molecular weight is 437 g/mol. The molecule has 1 aromatic carbocycles. The van der Waals surface area contributed by atoms with Crippen LogP contribution in [0.15, 0.2) is 36.5 Å². The van der Waals surface area contributed by atoms with E-state index in [9.17, 15) is 4.79 Å². The number of fused-ring (bicyclic) bond motifs is 1. The maximum Gasteiger partial charge on any atom is 0.270 e. The molecule has 168 valence electrons. The number of benzene rings is 1. The van der Waals surface area contributed by atoms with E-state index in [0.29, 0.717) is 12.2 Å². The van der Waals surface area contributed by atoms with Crippen molar-refractivity contribution in [1.29, 1.82) is 0 Å². The molecule has 0 saturated carbocycles. The maximum absolute atomic E-state index is 12.3. The molecule has 4 rings (SSSR count). The summed E-state index contributed by atoms with van der Waals surface area (Å²) in [5.41, 5.74) is 2.52. The normalized spacial score (nSPS) is 13.8. The van der Waals surface area contributed by atoms with Crippen LogP contribution in [0.1, 0.15) is 33.3 Å². The highest BCUT2D eigenvalue weighted by atomic mass is 16.5. The minimum Gasteiger partial charge on any atom is -0.496 e. The van der Waals surface area contributed by atoms with Crippen molar-refractivity contribution in [2.45, 2.75) is 33.0 Å². The van der Waals surface area contributed by atoms with Gasteiger partial charge >= 0.3 is 0 Å². The Bertz CT molecular complexity index is 1080. The van der Waals surface area contributed by atoms with E-state index in [-0.39, 0.29) is 5.91 Å². The van der Waals surface area contributed by atoms with Crippen molar-refractivity contribution in [3.8, 4) is 11.5 Å². The Kier molecular flexibility index (Phi) is 6.65. The Labute approximate surface area is 187 Å². The Morgan fingerprint density at radius 3 is 2.72 bits per heavy atom. The van der Waals surface area contributed by atoms with Crippen molar-refractivity contribution < 1.29 is 14.3 Å². The third-order valence-electron chi connectivity index (χ3n) is 5.76. The van der Waals surface area contributed by atoms with Crippen LogP contribution in [0.25, 0.3) is 0 Å². The van der Waals surface area contributed by atoms with Gasteiger partial charge in [-0.3, -0.25) is 14.7 Å². The first-order chi connectivity index (χ1) is 15.6. The van der Waals surface area contributed by atoms with Crippen LogP contribution in [0.5, 0.6) is 11.5 Å². The number of hydrogen-bond acceptors (Lipinski definition) is 7. The van der Waals surface area contributed by atoms with Gasteiger partial charge in [0.1, 0.15) is 23.0 Å². The third kappa shape index (κ3) is 4.57. The molecule has 0 atom stereocenters. The predicted molar refractivity (Wildman–Crippen MR) is 119 cm³/mol. The summed E-state index contributed by atoms with van der Waals surface area (Å²) in [6, 6.07) is 9.31. The molecule has 2 aromatic heterocycles. The SMILES string of the molecule is COc1ccc(CN2CCc3nnc(CNC(=O)c4ccccn4)n3CC2)c(OC)c1C. The number of nitrogens with zero attached hydrogens (tertiary/aromatic N) is 5. The van der Waals surface area contributed by atoms with Gasteiger partial charge in [-0.1, -0.05) is 12.1 Å². The largest absolute Gasteiger partial charge is 0.496 e. The van der Waals surface area contributed by atoms with Crippen LogP contribution in [-0.2, 0) is 26.1 Å². The van der Waals surface area contributed by atoms with Gasteiger partial charge in [0.25, 0.3) is 5.91 Å². The molecule has 0 unspecified atom stereocenters. The van der Waals surface area contributed by atoms with E-state index >= 15 is 0 Å². The fourth-order valence-corrected chi connectivity index (χ4v) is 4.06. The Hall–Kier alpha value is -3.46. The monoisotopic (exact) mass is 436 g/mol. The van der Waals surface area contributed by atoms with Gasteiger partial charge in [0, 0.05) is 49.9 Å². The first-order valence-electron chi connectivity index (χ1n) is 10.6. The minimum atomic E-state index is -0.222. The fourth-order valence-electron chi connectivity index (χ4n) is 4.06. The molecule has 0 fully saturated rings. The Morgan fingerprint density at radius 1 is 1.09 bits per heavy atom. The summed E-state index contributed by atoms with van der Waals surface area (Å²) in [4.78, 5) is 18.8. The number of methoxy groups -OCH3 is 2. The highest BCUT2D eigenvalue weighted by Gasteiger charge is 2.21. The zero-order chi connectivity index (χ0) is 22.5. The lowest BCUT2D eigenvalue weighted by Gasteiger charge is -2.22. The maximum atomic E-state index is 12.3. The topological polar surface area (TPSA) is 94.4 Å². The van der Waals surface area contributed by atoms with Gasteiger partial charge in [-0.05, 0) is 25.1 Å². The van der Waals surface area contributed by atoms with Crippen molar-refractivity contribution in [1.82, 2.24) is 30.0 Å². The zero-order valence-corrected chi connectivity index (χ0v) is 18.7. The molecule has 0 saturated heterocycles. The van der Waals surface area contributed by atoms with Gasteiger partial charge in [-0.25, -0.2) is 0 Å². The smallest absolute Gasteiger partial charge is 0.270 e. The Balaban J connectivity index is 1.41. The molecule has 9 nitrogen and oxygen atoms in total. The zero-order valence-electron chi connectivity index (χ0n) is 18.7. The lowest BCUT2D eigenvalue weighted by Crippen LogP contribution is -2.28. The number of amides is 1. The van der Waals surface area contributed by atoms with E-state index in [1.165, 1.54) is 0 Å². The van der Waals surface area contributed by atoms with E-state index in [1.807, 2.05) is 13.0 Å². The average Bonchev–Trinajstić information content (AvgIpc) is 3.10. The minimum absolute atomic E-state index is 0.222. The van der Waals surface area contributed by atoms with Crippen LogP contribution in [0.2, 0.25) is 0 Å². The number of hydrogen-bond donors (Lipinski definition) is 1. The highest BCUT2D eigenvalue weighted by Crippen LogP contribution is 2.32. The van der Waals surface area contributed by atoms with Crippen molar-refractivity contribution in [3.05, 3.63) is 65.0 Å². The molecule has 0 bridgehead atoms. The summed E-state index contributed by atoms with van der Waals surface area (Å²) < 4.78 is 13.2. The van der Waals surface area contributed by atoms with E-state index in [4.69, 9.17) is 9.47 Å². The second kappa shape index (κ2) is 9.78. The van der Waals surface area contributed by atoms with Crippen molar-refractivity contribution >= 4 is 5.91 Å². The first kappa shape index (κ1) is 21.8. The molecule has 3 heterocycles. The van der Waals surface area contributed by atoms with Crippen LogP contribution in [0.3, 0.4) is 0 Å². The quantitative estimate of drug-likeness (QED) is 0.605. The predicted octanol–water partition coefficient (Wildman–Crippen LogP) is 1.99. The summed E-state index contributed by atoms with van der Waals surface area (Å²) in [5, 5.41) is 11.5. The molecule has 1 aliphatic heterocycles. The highest BCUT2D eigenvalue weighted by molar-refractivity contribution is 5.92. The number of carbonyl (C=O) groups excluding carboxylic acids is 1. The summed E-state index contributed by atoms with van der Waals surface area (Å²) in [6.45, 7) is 5.57. The summed E-state index contributed by atoms with van der Waals surface area (Å²) in [6.07, 6.45) is 2.39. The van der Waals surface area contributed by atoms with E-state index in [0.717, 1.165) is 66.9 Å². The van der Waals surface area contributed by atoms with Crippen LogP contribution in [0.4, 0.5) is 0 Å². The van der Waals surface area contributed by atoms with Crippen LogP contribution >= 0.6 is 0 Å². The second-order valence-electron chi connectivity index (χ2n) is 7.69. The molecule has 1 aliphatic rings. The van der Waals surface area contributed by atoms with Crippen LogP contribution in [-0.4, -0.2) is 57.9 Å². The van der Waals surface area contributed by atoms with Gasteiger partial charge < -0.3 is 19.4 Å². The molecule has 1 N–H and O–H groups in total. The van der Waals surface area contributed by atoms with Gasteiger partial charge in [-0.2, -0.15) is 0 Å². The molecule has 0 radical (unpaired) electrons. The molecule has 1 amide bonds. The fraction of sp³-hybridized carbons (Fsp3) is 0.391. The lowest BCUT2D eigenvalue weighted by molar-refractivity contribution is 0.0944. The Morgan fingerprint density at radius 2 is 1.97 bits per heavy atom. The molecular formula is C23H28N6O3. The summed E-state index contributed by atoms with van der Waals surface area (Å²) >= 11 is 0.